The summed E-state index contributed by atoms with van der Waals surface area (Å²) in [6, 6.07) is 10.3. The molecule has 6 heteroatoms. The molecule has 1 aromatic carbocycles. The number of aromatic nitrogens is 2. The molecule has 2 heterocycles. The quantitative estimate of drug-likeness (QED) is 0.873. The van der Waals surface area contributed by atoms with Gasteiger partial charge in [0.25, 0.3) is 0 Å². The third-order valence-electron chi connectivity index (χ3n) is 4.48. The summed E-state index contributed by atoms with van der Waals surface area (Å²) in [6.45, 7) is 5.65. The van der Waals surface area contributed by atoms with E-state index in [-0.39, 0.29) is 17.9 Å². The van der Waals surface area contributed by atoms with E-state index >= 15 is 0 Å². The molecule has 2 aromatic rings. The van der Waals surface area contributed by atoms with Gasteiger partial charge in [-0.2, -0.15) is 0 Å². The summed E-state index contributed by atoms with van der Waals surface area (Å²) in [6.07, 6.45) is 4.17. The van der Waals surface area contributed by atoms with E-state index < -0.39 is 0 Å². The number of nitrogens with zero attached hydrogens (tertiary/aromatic N) is 3. The lowest BCUT2D eigenvalue weighted by atomic mass is 10.0. The van der Waals surface area contributed by atoms with Crippen LogP contribution in [0.5, 0.6) is 0 Å². The lowest BCUT2D eigenvalue weighted by molar-refractivity contribution is -0.124. The number of nitrogens with one attached hydrogen (secondary N) is 1. The van der Waals surface area contributed by atoms with Crippen molar-refractivity contribution >= 4 is 11.9 Å². The molecule has 0 radical (unpaired) electrons. The van der Waals surface area contributed by atoms with Crippen LogP contribution >= 0.6 is 0 Å². The first-order valence-corrected chi connectivity index (χ1v) is 9.06. The molecule has 1 N–H and O–H groups in total. The van der Waals surface area contributed by atoms with Gasteiger partial charge in [-0.3, -0.25) is 4.79 Å². The summed E-state index contributed by atoms with van der Waals surface area (Å²) in [5.74, 6) is 0.361. The maximum Gasteiger partial charge on any atom is 0.318 e. The second kappa shape index (κ2) is 8.14. The molecule has 25 heavy (non-hydrogen) atoms. The minimum Gasteiger partial charge on any atom is -0.406 e. The number of carbonyl (C=O) groups is 1. The molecule has 0 aliphatic carbocycles. The van der Waals surface area contributed by atoms with E-state index in [1.807, 2.05) is 44.2 Å². The van der Waals surface area contributed by atoms with Crippen LogP contribution in [-0.4, -0.2) is 29.2 Å². The second-order valence-electron chi connectivity index (χ2n) is 6.88. The van der Waals surface area contributed by atoms with Crippen LogP contribution in [0.3, 0.4) is 0 Å². The Morgan fingerprint density at radius 1 is 1.16 bits per heavy atom. The van der Waals surface area contributed by atoms with Gasteiger partial charge in [-0.1, -0.05) is 49.3 Å². The minimum absolute atomic E-state index is 0.0151. The van der Waals surface area contributed by atoms with Crippen molar-refractivity contribution in [3.8, 4) is 0 Å². The number of benzene rings is 1. The number of hydrogen-bond donors (Lipinski definition) is 1. The zero-order chi connectivity index (χ0) is 17.6. The number of rotatable bonds is 6. The molecule has 1 aliphatic heterocycles. The lowest BCUT2D eigenvalue weighted by Gasteiger charge is -2.24. The number of hydrogen-bond acceptors (Lipinski definition) is 5. The first-order chi connectivity index (χ1) is 12.1. The molecular weight excluding hydrogens is 316 g/mol. The molecule has 1 fully saturated rings. The Bertz CT molecular complexity index is 678. The molecule has 0 saturated carbocycles. The second-order valence-corrected chi connectivity index (χ2v) is 6.88. The Balaban J connectivity index is 1.78. The minimum atomic E-state index is -0.316. The predicted octanol–water partition coefficient (Wildman–Crippen LogP) is 3.12. The molecule has 1 amide bonds. The Kier molecular flexibility index (Phi) is 5.68. The number of carbonyl (C=O) groups excluding carboxylic acids is 1. The summed E-state index contributed by atoms with van der Waals surface area (Å²) in [5.41, 5.74) is 1.12. The maximum atomic E-state index is 12.2. The van der Waals surface area contributed by atoms with Crippen LogP contribution in [0, 0.1) is 5.92 Å². The summed E-state index contributed by atoms with van der Waals surface area (Å²) in [5, 5.41) is 11.5. The van der Waals surface area contributed by atoms with Gasteiger partial charge in [0, 0.05) is 25.4 Å². The largest absolute Gasteiger partial charge is 0.406 e. The zero-order valence-corrected chi connectivity index (χ0v) is 14.9. The highest BCUT2D eigenvalue weighted by molar-refractivity contribution is 5.78. The Morgan fingerprint density at radius 3 is 2.56 bits per heavy atom. The van der Waals surface area contributed by atoms with Gasteiger partial charge >= 0.3 is 6.01 Å². The van der Waals surface area contributed by atoms with Crippen LogP contribution in [0.15, 0.2) is 34.7 Å². The lowest BCUT2D eigenvalue weighted by Crippen LogP contribution is -2.33. The summed E-state index contributed by atoms with van der Waals surface area (Å²) in [4.78, 5) is 14.3. The third-order valence-corrected chi connectivity index (χ3v) is 4.48. The van der Waals surface area contributed by atoms with Crippen LogP contribution in [0.2, 0.25) is 0 Å². The maximum absolute atomic E-state index is 12.2. The van der Waals surface area contributed by atoms with Crippen molar-refractivity contribution in [3.63, 3.8) is 0 Å². The molecule has 1 aliphatic rings. The normalized spacial score (nSPS) is 16.0. The van der Waals surface area contributed by atoms with Crippen molar-refractivity contribution in [1.82, 2.24) is 15.5 Å². The molecule has 6 nitrogen and oxygen atoms in total. The summed E-state index contributed by atoms with van der Waals surface area (Å²) in [7, 11) is 0. The Labute approximate surface area is 148 Å². The Morgan fingerprint density at radius 2 is 1.88 bits per heavy atom. The summed E-state index contributed by atoms with van der Waals surface area (Å²) >= 11 is 0. The van der Waals surface area contributed by atoms with Crippen LogP contribution in [0.4, 0.5) is 6.01 Å². The molecule has 3 rings (SSSR count). The van der Waals surface area contributed by atoms with Crippen LogP contribution in [-0.2, 0) is 11.2 Å². The topological polar surface area (TPSA) is 71.3 Å². The molecule has 1 saturated heterocycles. The first-order valence-electron chi connectivity index (χ1n) is 9.06. The molecule has 0 spiro atoms. The number of piperidine rings is 1. The number of amides is 1. The fourth-order valence-corrected chi connectivity index (χ4v) is 2.97. The molecule has 1 aromatic heterocycles. The fourth-order valence-electron chi connectivity index (χ4n) is 2.97. The van der Waals surface area contributed by atoms with E-state index in [1.54, 1.807) is 0 Å². The van der Waals surface area contributed by atoms with Gasteiger partial charge in [-0.05, 0) is 24.8 Å². The van der Waals surface area contributed by atoms with Gasteiger partial charge in [0.2, 0.25) is 11.8 Å². The van der Waals surface area contributed by atoms with Gasteiger partial charge in [-0.25, -0.2) is 0 Å². The fraction of sp³-hybridized carbons (Fsp3) is 0.526. The van der Waals surface area contributed by atoms with E-state index in [4.69, 9.17) is 4.42 Å². The average molecular weight is 342 g/mol. The van der Waals surface area contributed by atoms with E-state index in [1.165, 1.54) is 6.42 Å². The van der Waals surface area contributed by atoms with Crippen molar-refractivity contribution in [2.75, 3.05) is 18.0 Å². The molecule has 0 bridgehead atoms. The van der Waals surface area contributed by atoms with Crippen LogP contribution in [0.25, 0.3) is 0 Å². The molecule has 134 valence electrons. The van der Waals surface area contributed by atoms with Gasteiger partial charge < -0.3 is 14.6 Å². The first kappa shape index (κ1) is 17.5. The predicted molar refractivity (Wildman–Crippen MR) is 96.2 cm³/mol. The highest BCUT2D eigenvalue weighted by atomic mass is 16.4. The van der Waals surface area contributed by atoms with Crippen molar-refractivity contribution in [2.24, 2.45) is 5.92 Å². The molecule has 1 atom stereocenters. The van der Waals surface area contributed by atoms with E-state index in [0.717, 1.165) is 31.5 Å². The molecular formula is C19H26N4O2. The highest BCUT2D eigenvalue weighted by Crippen LogP contribution is 2.23. The standard InChI is InChI=1S/C19H26N4O2/c1-14(2)17(24)20-16(13-15-9-5-3-6-10-15)18-21-22-19(25-18)23-11-7-4-8-12-23/h3,5-6,9-10,14,16H,4,7-8,11-13H2,1-2H3,(H,20,24). The SMILES string of the molecule is CC(C)C(=O)NC(Cc1ccccc1)c1nnc(N2CCCCC2)o1. The number of anilines is 1. The zero-order valence-electron chi connectivity index (χ0n) is 14.9. The van der Waals surface area contributed by atoms with Gasteiger partial charge in [-0.15, -0.1) is 5.10 Å². The van der Waals surface area contributed by atoms with E-state index in [2.05, 4.69) is 20.4 Å². The van der Waals surface area contributed by atoms with E-state index in [0.29, 0.717) is 18.3 Å². The van der Waals surface area contributed by atoms with Gasteiger partial charge in [0.1, 0.15) is 6.04 Å². The van der Waals surface area contributed by atoms with Crippen molar-refractivity contribution in [1.29, 1.82) is 0 Å². The van der Waals surface area contributed by atoms with Crippen molar-refractivity contribution in [3.05, 3.63) is 41.8 Å². The van der Waals surface area contributed by atoms with Gasteiger partial charge in [0.15, 0.2) is 0 Å². The molecule has 1 unspecified atom stereocenters. The average Bonchev–Trinajstić information content (AvgIpc) is 3.13. The summed E-state index contributed by atoms with van der Waals surface area (Å²) < 4.78 is 5.93. The van der Waals surface area contributed by atoms with Crippen LogP contribution < -0.4 is 10.2 Å². The van der Waals surface area contributed by atoms with Crippen molar-refractivity contribution < 1.29 is 9.21 Å². The van der Waals surface area contributed by atoms with Crippen LogP contribution in [0.1, 0.15) is 50.6 Å². The Hall–Kier alpha value is -2.37. The third kappa shape index (κ3) is 4.59. The van der Waals surface area contributed by atoms with Gasteiger partial charge in [0.05, 0.1) is 0 Å². The monoisotopic (exact) mass is 342 g/mol. The van der Waals surface area contributed by atoms with Crippen molar-refractivity contribution in [2.45, 2.75) is 45.6 Å². The smallest absolute Gasteiger partial charge is 0.318 e. The highest BCUT2D eigenvalue weighted by Gasteiger charge is 2.24. The van der Waals surface area contributed by atoms with E-state index in [9.17, 15) is 4.79 Å².